The number of H-pyrrole nitrogens is 1. The summed E-state index contributed by atoms with van der Waals surface area (Å²) in [5.74, 6) is -0.0178. The van der Waals surface area contributed by atoms with Gasteiger partial charge < -0.3 is 15.6 Å². The van der Waals surface area contributed by atoms with Gasteiger partial charge >= 0.3 is 6.18 Å². The molecule has 0 fully saturated rings. The Hall–Kier alpha value is -4.63. The van der Waals surface area contributed by atoms with Crippen LogP contribution in [0.4, 0.5) is 30.4 Å². The van der Waals surface area contributed by atoms with E-state index in [1.807, 2.05) is 43.5 Å². The molecule has 0 aliphatic rings. The lowest BCUT2D eigenvalue weighted by molar-refractivity contribution is -0.137. The minimum atomic E-state index is -4.53. The minimum Gasteiger partial charge on any atom is -0.346 e. The third kappa shape index (κ3) is 4.96. The monoisotopic (exact) mass is 542 g/mol. The number of thiophene rings is 1. The van der Waals surface area contributed by atoms with Gasteiger partial charge in [-0.25, -0.2) is 4.98 Å². The number of hydrogen-bond acceptors (Lipinski definition) is 4. The summed E-state index contributed by atoms with van der Waals surface area (Å²) >= 11 is 1.71. The van der Waals surface area contributed by atoms with Gasteiger partial charge in [-0.15, -0.1) is 11.3 Å². The molecule has 0 aliphatic heterocycles. The van der Waals surface area contributed by atoms with E-state index in [1.54, 1.807) is 23.5 Å². The number of carbonyl (C=O) groups is 1. The van der Waals surface area contributed by atoms with Gasteiger partial charge in [0.1, 0.15) is 11.5 Å². The summed E-state index contributed by atoms with van der Waals surface area (Å²) in [5, 5.41) is 8.23. The van der Waals surface area contributed by atoms with E-state index in [9.17, 15) is 18.0 Å². The first kappa shape index (κ1) is 24.7. The molecule has 0 saturated carbocycles. The predicted molar refractivity (Wildman–Crippen MR) is 151 cm³/mol. The molecular formula is C30H21F3N4OS. The lowest BCUT2D eigenvalue weighted by Gasteiger charge is -2.14. The highest BCUT2D eigenvalue weighted by Crippen LogP contribution is 2.38. The molecule has 0 atom stereocenters. The van der Waals surface area contributed by atoms with Crippen molar-refractivity contribution in [3.05, 3.63) is 108 Å². The van der Waals surface area contributed by atoms with E-state index in [0.29, 0.717) is 17.2 Å². The topological polar surface area (TPSA) is 69.8 Å². The third-order valence-corrected chi connectivity index (χ3v) is 7.58. The predicted octanol–water partition coefficient (Wildman–Crippen LogP) is 8.77. The largest absolute Gasteiger partial charge is 0.416 e. The third-order valence-electron chi connectivity index (χ3n) is 6.43. The average molecular weight is 543 g/mol. The Morgan fingerprint density at radius 1 is 0.949 bits per heavy atom. The number of amides is 1. The number of rotatable bonds is 5. The maximum atomic E-state index is 13.1. The number of fused-ring (bicyclic) bond motifs is 2. The van der Waals surface area contributed by atoms with Crippen LogP contribution in [-0.4, -0.2) is 15.9 Å². The molecule has 194 valence electrons. The van der Waals surface area contributed by atoms with Crippen LogP contribution in [0.1, 0.15) is 21.5 Å². The SMILES string of the molecule is Cc1ccc(NC(=O)c2cccc(C(F)(F)F)c2)cc1Nc1cc(-c2cc3ccccc3s2)c2cc[nH]c2n1. The second kappa shape index (κ2) is 9.59. The highest BCUT2D eigenvalue weighted by atomic mass is 32.1. The Balaban J connectivity index is 1.30. The Kier molecular flexibility index (Phi) is 6.07. The highest BCUT2D eigenvalue weighted by molar-refractivity contribution is 7.22. The number of nitrogens with one attached hydrogen (secondary N) is 3. The first-order valence-electron chi connectivity index (χ1n) is 12.1. The van der Waals surface area contributed by atoms with E-state index >= 15 is 0 Å². The summed E-state index contributed by atoms with van der Waals surface area (Å²) in [7, 11) is 0. The number of anilines is 3. The Morgan fingerprint density at radius 2 is 1.79 bits per heavy atom. The Morgan fingerprint density at radius 3 is 2.62 bits per heavy atom. The van der Waals surface area contributed by atoms with E-state index in [4.69, 9.17) is 4.98 Å². The number of aromatic amines is 1. The Bertz CT molecular complexity index is 1820. The molecule has 0 aliphatic carbocycles. The molecular weight excluding hydrogens is 521 g/mol. The molecule has 3 N–H and O–H groups in total. The van der Waals surface area contributed by atoms with E-state index in [2.05, 4.69) is 33.8 Å². The number of pyridine rings is 1. The van der Waals surface area contributed by atoms with Gasteiger partial charge in [0.15, 0.2) is 0 Å². The highest BCUT2D eigenvalue weighted by Gasteiger charge is 2.31. The molecule has 6 aromatic rings. The van der Waals surface area contributed by atoms with Crippen molar-refractivity contribution in [2.45, 2.75) is 13.1 Å². The number of alkyl halides is 3. The second-order valence-electron chi connectivity index (χ2n) is 9.13. The molecule has 5 nitrogen and oxygen atoms in total. The standard InChI is InChI=1S/C30H21F3N4OS/c1-17-9-10-21(35-29(38)19-6-4-7-20(13-19)30(31,32)33)15-24(17)36-27-16-23(22-11-12-34-28(22)37-27)26-14-18-5-2-3-8-25(18)39-26/h2-16H,1H3,(H,35,38)(H2,34,36,37). The van der Waals surface area contributed by atoms with Crippen molar-refractivity contribution < 1.29 is 18.0 Å². The van der Waals surface area contributed by atoms with Gasteiger partial charge in [0.25, 0.3) is 5.91 Å². The number of carbonyl (C=O) groups excluding carboxylic acids is 1. The van der Waals surface area contributed by atoms with Gasteiger partial charge in [-0.05, 0) is 72.5 Å². The van der Waals surface area contributed by atoms with Gasteiger partial charge in [0, 0.05) is 43.7 Å². The number of hydrogen-bond donors (Lipinski definition) is 3. The van der Waals surface area contributed by atoms with Crippen LogP contribution in [-0.2, 0) is 6.18 Å². The molecule has 6 rings (SSSR count). The van der Waals surface area contributed by atoms with Crippen LogP contribution in [0.2, 0.25) is 0 Å². The van der Waals surface area contributed by atoms with Crippen LogP contribution in [0, 0.1) is 6.92 Å². The van der Waals surface area contributed by atoms with E-state index in [1.165, 1.54) is 22.2 Å². The quantitative estimate of drug-likeness (QED) is 0.204. The van der Waals surface area contributed by atoms with Crippen molar-refractivity contribution in [1.29, 1.82) is 0 Å². The maximum absolute atomic E-state index is 13.1. The zero-order valence-corrected chi connectivity index (χ0v) is 21.4. The first-order chi connectivity index (χ1) is 18.7. The van der Waals surface area contributed by atoms with Crippen LogP contribution in [0.3, 0.4) is 0 Å². The number of aryl methyl sites for hydroxylation is 1. The molecule has 1 amide bonds. The molecule has 0 saturated heterocycles. The summed E-state index contributed by atoms with van der Waals surface area (Å²) < 4.78 is 40.4. The zero-order chi connectivity index (χ0) is 27.1. The second-order valence-corrected chi connectivity index (χ2v) is 10.2. The molecule has 0 bridgehead atoms. The number of benzene rings is 3. The minimum absolute atomic E-state index is 0.0771. The number of halogens is 3. The lowest BCUT2D eigenvalue weighted by Crippen LogP contribution is -2.14. The van der Waals surface area contributed by atoms with Crippen molar-refractivity contribution in [3.63, 3.8) is 0 Å². The Labute approximate surface area is 225 Å². The van der Waals surface area contributed by atoms with Crippen molar-refractivity contribution in [1.82, 2.24) is 9.97 Å². The van der Waals surface area contributed by atoms with Crippen molar-refractivity contribution in [2.75, 3.05) is 10.6 Å². The first-order valence-corrected chi connectivity index (χ1v) is 12.9. The fraction of sp³-hybridized carbons (Fsp3) is 0.0667. The lowest BCUT2D eigenvalue weighted by atomic mass is 10.1. The normalized spacial score (nSPS) is 11.7. The molecule has 0 spiro atoms. The summed E-state index contributed by atoms with van der Waals surface area (Å²) in [5.41, 5.74) is 2.88. The van der Waals surface area contributed by atoms with E-state index in [-0.39, 0.29) is 5.56 Å². The maximum Gasteiger partial charge on any atom is 0.416 e. The molecule has 3 aromatic heterocycles. The number of aromatic nitrogens is 2. The van der Waals surface area contributed by atoms with Crippen LogP contribution in [0.15, 0.2) is 91.1 Å². The summed E-state index contributed by atoms with van der Waals surface area (Å²) in [6.45, 7) is 1.92. The van der Waals surface area contributed by atoms with E-state index in [0.717, 1.165) is 39.2 Å². The van der Waals surface area contributed by atoms with Crippen molar-refractivity contribution in [2.24, 2.45) is 0 Å². The summed E-state index contributed by atoms with van der Waals surface area (Å²) in [6.07, 6.45) is -2.67. The van der Waals surface area contributed by atoms with Crippen LogP contribution in [0.25, 0.3) is 31.6 Å². The summed E-state index contributed by atoms with van der Waals surface area (Å²) in [6, 6.07) is 24.0. The van der Waals surface area contributed by atoms with Crippen molar-refractivity contribution >= 4 is 55.6 Å². The van der Waals surface area contributed by atoms with Gasteiger partial charge in [-0.2, -0.15) is 13.2 Å². The molecule has 9 heteroatoms. The van der Waals surface area contributed by atoms with Gasteiger partial charge in [0.05, 0.1) is 5.56 Å². The van der Waals surface area contributed by atoms with E-state index < -0.39 is 17.6 Å². The van der Waals surface area contributed by atoms with Gasteiger partial charge in [0.2, 0.25) is 0 Å². The van der Waals surface area contributed by atoms with Gasteiger partial charge in [-0.3, -0.25) is 4.79 Å². The molecule has 39 heavy (non-hydrogen) atoms. The smallest absolute Gasteiger partial charge is 0.346 e. The van der Waals surface area contributed by atoms with Gasteiger partial charge in [-0.1, -0.05) is 30.3 Å². The summed E-state index contributed by atoms with van der Waals surface area (Å²) in [4.78, 5) is 21.8. The fourth-order valence-corrected chi connectivity index (χ4v) is 5.53. The zero-order valence-electron chi connectivity index (χ0n) is 20.6. The van der Waals surface area contributed by atoms with Crippen LogP contribution in [0.5, 0.6) is 0 Å². The van der Waals surface area contributed by atoms with Crippen molar-refractivity contribution in [3.8, 4) is 10.4 Å². The fourth-order valence-electron chi connectivity index (χ4n) is 4.43. The number of nitrogens with zero attached hydrogens (tertiary/aromatic N) is 1. The van der Waals surface area contributed by atoms with Crippen LogP contribution < -0.4 is 10.6 Å². The molecule has 0 unspecified atom stereocenters. The van der Waals surface area contributed by atoms with Crippen LogP contribution >= 0.6 is 11.3 Å². The molecule has 0 radical (unpaired) electrons. The molecule has 3 heterocycles. The molecule has 3 aromatic carbocycles. The average Bonchev–Trinajstić information content (AvgIpc) is 3.57.